The van der Waals surface area contributed by atoms with Gasteiger partial charge in [-0.25, -0.2) is 0 Å². The van der Waals surface area contributed by atoms with E-state index < -0.39 is 0 Å². The molecule has 0 aliphatic carbocycles. The van der Waals surface area contributed by atoms with E-state index in [2.05, 4.69) is 42.6 Å². The number of nitrogen functional groups attached to an aromatic ring is 1. The molecular formula is C15H26N4. The fraction of sp³-hybridized carbons (Fsp3) is 0.667. The largest absolute Gasteiger partial charge is 0.398 e. The number of aryl methyl sites for hydroxylation is 1. The summed E-state index contributed by atoms with van der Waals surface area (Å²) in [6, 6.07) is 1.18. The monoisotopic (exact) mass is 262 g/mol. The number of nitrogens with two attached hydrogens (primary N) is 1. The molecule has 0 saturated carbocycles. The van der Waals surface area contributed by atoms with Crippen LogP contribution >= 0.6 is 0 Å². The van der Waals surface area contributed by atoms with Crippen LogP contribution in [0.5, 0.6) is 0 Å². The lowest BCUT2D eigenvalue weighted by atomic mass is 10.1. The number of likely N-dealkylation sites (N-methyl/N-ethyl adjacent to an activating group) is 1. The van der Waals surface area contributed by atoms with E-state index in [0.29, 0.717) is 12.1 Å². The van der Waals surface area contributed by atoms with E-state index in [4.69, 9.17) is 5.73 Å². The van der Waals surface area contributed by atoms with Crippen LogP contribution in [0, 0.1) is 13.8 Å². The topological polar surface area (TPSA) is 45.4 Å². The molecule has 4 heteroatoms. The zero-order valence-electron chi connectivity index (χ0n) is 12.8. The van der Waals surface area contributed by atoms with Gasteiger partial charge in [0.25, 0.3) is 0 Å². The summed E-state index contributed by atoms with van der Waals surface area (Å²) < 4.78 is 0. The molecule has 2 N–H and O–H groups in total. The van der Waals surface area contributed by atoms with Crippen molar-refractivity contribution >= 4 is 5.69 Å². The van der Waals surface area contributed by atoms with Crippen molar-refractivity contribution in [3.63, 3.8) is 0 Å². The summed E-state index contributed by atoms with van der Waals surface area (Å²) in [5.74, 6) is 0. The summed E-state index contributed by atoms with van der Waals surface area (Å²) in [5.41, 5.74) is 10.3. The zero-order chi connectivity index (χ0) is 14.2. The van der Waals surface area contributed by atoms with E-state index in [1.54, 1.807) is 0 Å². The molecule has 19 heavy (non-hydrogen) atoms. The molecule has 2 atom stereocenters. The van der Waals surface area contributed by atoms with Crippen molar-refractivity contribution in [2.45, 2.75) is 46.3 Å². The predicted octanol–water partition coefficient (Wildman–Crippen LogP) is 1.81. The average Bonchev–Trinajstić information content (AvgIpc) is 2.36. The molecule has 0 radical (unpaired) electrons. The standard InChI is InChI=1S/C15H26N4/c1-10-6-17-14(13(4)15(10)16)9-19-7-11(2)18(5)12(3)8-19/h6,11-12H,7-9H2,1-5H3,(H2,16,17). The Morgan fingerprint density at radius 3 is 2.42 bits per heavy atom. The molecule has 106 valence electrons. The first-order valence-electron chi connectivity index (χ1n) is 7.05. The van der Waals surface area contributed by atoms with Crippen LogP contribution in [0.4, 0.5) is 5.69 Å². The Bertz CT molecular complexity index is 446. The van der Waals surface area contributed by atoms with E-state index in [1.807, 2.05) is 13.1 Å². The van der Waals surface area contributed by atoms with Gasteiger partial charge in [0.2, 0.25) is 0 Å². The van der Waals surface area contributed by atoms with Crippen LogP contribution in [-0.4, -0.2) is 47.0 Å². The van der Waals surface area contributed by atoms with Crippen LogP contribution in [0.2, 0.25) is 0 Å². The first-order chi connectivity index (χ1) is 8.90. The number of aromatic nitrogens is 1. The molecule has 0 spiro atoms. The molecule has 2 unspecified atom stereocenters. The molecule has 0 bridgehead atoms. The van der Waals surface area contributed by atoms with Gasteiger partial charge in [-0.3, -0.25) is 14.8 Å². The summed E-state index contributed by atoms with van der Waals surface area (Å²) in [4.78, 5) is 9.50. The molecule has 0 amide bonds. The van der Waals surface area contributed by atoms with Gasteiger partial charge in [0.15, 0.2) is 0 Å². The second-order valence-electron chi connectivity index (χ2n) is 5.98. The second kappa shape index (κ2) is 5.47. The number of nitrogens with zero attached hydrogens (tertiary/aromatic N) is 3. The Morgan fingerprint density at radius 2 is 1.84 bits per heavy atom. The molecule has 1 aromatic rings. The summed E-state index contributed by atoms with van der Waals surface area (Å²) >= 11 is 0. The smallest absolute Gasteiger partial charge is 0.0593 e. The Labute approximate surface area is 116 Å². The van der Waals surface area contributed by atoms with Crippen LogP contribution < -0.4 is 5.73 Å². The minimum atomic E-state index is 0.590. The number of anilines is 1. The molecule has 4 nitrogen and oxygen atoms in total. The van der Waals surface area contributed by atoms with Gasteiger partial charge >= 0.3 is 0 Å². The molecule has 2 heterocycles. The predicted molar refractivity (Wildman–Crippen MR) is 80.1 cm³/mol. The SMILES string of the molecule is Cc1cnc(CN2CC(C)N(C)C(C)C2)c(C)c1N. The highest BCUT2D eigenvalue weighted by molar-refractivity contribution is 5.53. The highest BCUT2D eigenvalue weighted by Gasteiger charge is 2.26. The Hall–Kier alpha value is -1.13. The fourth-order valence-corrected chi connectivity index (χ4v) is 2.81. The van der Waals surface area contributed by atoms with Gasteiger partial charge in [-0.05, 0) is 45.9 Å². The van der Waals surface area contributed by atoms with E-state index in [1.165, 1.54) is 0 Å². The maximum absolute atomic E-state index is 6.10. The lowest BCUT2D eigenvalue weighted by Crippen LogP contribution is -2.54. The van der Waals surface area contributed by atoms with Crippen LogP contribution in [0.25, 0.3) is 0 Å². The lowest BCUT2D eigenvalue weighted by Gasteiger charge is -2.42. The number of hydrogen-bond acceptors (Lipinski definition) is 4. The van der Waals surface area contributed by atoms with Crippen LogP contribution in [0.3, 0.4) is 0 Å². The van der Waals surface area contributed by atoms with Crippen molar-refractivity contribution in [2.75, 3.05) is 25.9 Å². The van der Waals surface area contributed by atoms with Gasteiger partial charge < -0.3 is 5.73 Å². The summed E-state index contributed by atoms with van der Waals surface area (Å²) in [7, 11) is 2.21. The van der Waals surface area contributed by atoms with Crippen LogP contribution in [-0.2, 0) is 6.54 Å². The second-order valence-corrected chi connectivity index (χ2v) is 5.98. The molecule has 1 fully saturated rings. The first kappa shape index (κ1) is 14.3. The van der Waals surface area contributed by atoms with E-state index in [9.17, 15) is 0 Å². The van der Waals surface area contributed by atoms with Crippen molar-refractivity contribution < 1.29 is 0 Å². The first-order valence-corrected chi connectivity index (χ1v) is 7.05. The fourth-order valence-electron chi connectivity index (χ4n) is 2.81. The Balaban J connectivity index is 2.12. The van der Waals surface area contributed by atoms with Gasteiger partial charge in [0.1, 0.15) is 0 Å². The molecular weight excluding hydrogens is 236 g/mol. The third kappa shape index (κ3) is 2.90. The van der Waals surface area contributed by atoms with Crippen LogP contribution in [0.1, 0.15) is 30.7 Å². The molecule has 0 aromatic carbocycles. The van der Waals surface area contributed by atoms with Crippen molar-refractivity contribution in [2.24, 2.45) is 0 Å². The summed E-state index contributed by atoms with van der Waals surface area (Å²) in [5, 5.41) is 0. The van der Waals surface area contributed by atoms with E-state index in [-0.39, 0.29) is 0 Å². The summed E-state index contributed by atoms with van der Waals surface area (Å²) in [6.45, 7) is 11.7. The lowest BCUT2D eigenvalue weighted by molar-refractivity contribution is 0.0548. The number of piperazine rings is 1. The van der Waals surface area contributed by atoms with E-state index in [0.717, 1.165) is 42.1 Å². The number of pyridine rings is 1. The minimum absolute atomic E-state index is 0.590. The van der Waals surface area contributed by atoms with Gasteiger partial charge in [-0.2, -0.15) is 0 Å². The quantitative estimate of drug-likeness (QED) is 0.883. The summed E-state index contributed by atoms with van der Waals surface area (Å²) in [6.07, 6.45) is 1.89. The van der Waals surface area contributed by atoms with Crippen molar-refractivity contribution in [3.8, 4) is 0 Å². The average molecular weight is 262 g/mol. The normalized spacial score (nSPS) is 25.7. The molecule has 1 saturated heterocycles. The van der Waals surface area contributed by atoms with Gasteiger partial charge in [0.05, 0.1) is 5.69 Å². The Morgan fingerprint density at radius 1 is 1.26 bits per heavy atom. The third-order valence-corrected chi connectivity index (χ3v) is 4.48. The maximum atomic E-state index is 6.10. The third-order valence-electron chi connectivity index (χ3n) is 4.48. The molecule has 2 rings (SSSR count). The molecule has 1 aromatic heterocycles. The van der Waals surface area contributed by atoms with Crippen molar-refractivity contribution in [1.82, 2.24) is 14.8 Å². The zero-order valence-corrected chi connectivity index (χ0v) is 12.8. The maximum Gasteiger partial charge on any atom is 0.0593 e. The van der Waals surface area contributed by atoms with Gasteiger partial charge in [-0.1, -0.05) is 0 Å². The van der Waals surface area contributed by atoms with Gasteiger partial charge in [0, 0.05) is 43.6 Å². The highest BCUT2D eigenvalue weighted by atomic mass is 15.3. The number of hydrogen-bond donors (Lipinski definition) is 1. The minimum Gasteiger partial charge on any atom is -0.398 e. The van der Waals surface area contributed by atoms with Gasteiger partial charge in [-0.15, -0.1) is 0 Å². The van der Waals surface area contributed by atoms with E-state index >= 15 is 0 Å². The Kier molecular flexibility index (Phi) is 4.11. The molecule has 1 aliphatic heterocycles. The van der Waals surface area contributed by atoms with Crippen molar-refractivity contribution in [1.29, 1.82) is 0 Å². The van der Waals surface area contributed by atoms with Crippen molar-refractivity contribution in [3.05, 3.63) is 23.0 Å². The molecule has 1 aliphatic rings. The highest BCUT2D eigenvalue weighted by Crippen LogP contribution is 2.21. The number of rotatable bonds is 2. The van der Waals surface area contributed by atoms with Crippen LogP contribution in [0.15, 0.2) is 6.20 Å².